The predicted molar refractivity (Wildman–Crippen MR) is 37.2 cm³/mol. The van der Waals surface area contributed by atoms with Crippen LogP contribution in [0.3, 0.4) is 0 Å². The number of aliphatic carboxylic acids is 1. The lowest BCUT2D eigenvalue weighted by molar-refractivity contribution is -0.139. The molecule has 1 heterocycles. The Kier molecular flexibility index (Phi) is 2.84. The number of carboxylic acids is 1. The maximum Gasteiger partial charge on any atom is 0.305 e. The normalized spacial score (nSPS) is 24.6. The zero-order valence-electron chi connectivity index (χ0n) is 6.19. The van der Waals surface area contributed by atoms with E-state index in [0.717, 1.165) is 13.0 Å². The van der Waals surface area contributed by atoms with Crippen molar-refractivity contribution in [1.82, 2.24) is 0 Å². The molecule has 0 amide bonds. The average molecular weight is 160 g/mol. The standard InChI is InChI=1S/C7H12O4/c8-5(3-7(9)10)1-2-6-4-11-6/h5-6,8H,1-4H2,(H,9,10). The molecule has 2 N–H and O–H groups in total. The first kappa shape index (κ1) is 8.49. The third-order valence-electron chi connectivity index (χ3n) is 1.63. The van der Waals surface area contributed by atoms with Gasteiger partial charge in [-0.1, -0.05) is 0 Å². The molecule has 0 aliphatic carbocycles. The highest BCUT2D eigenvalue weighted by Gasteiger charge is 2.23. The minimum Gasteiger partial charge on any atom is -0.481 e. The predicted octanol–water partition coefficient (Wildman–Crippen LogP) is 0.001000. The van der Waals surface area contributed by atoms with Crippen molar-refractivity contribution in [2.75, 3.05) is 6.61 Å². The molecular weight excluding hydrogens is 148 g/mol. The number of ether oxygens (including phenoxy) is 1. The molecule has 4 nitrogen and oxygen atoms in total. The van der Waals surface area contributed by atoms with Gasteiger partial charge in [-0.2, -0.15) is 0 Å². The quantitative estimate of drug-likeness (QED) is 0.555. The number of rotatable bonds is 5. The fourth-order valence-corrected chi connectivity index (χ4v) is 0.917. The minimum atomic E-state index is -0.950. The number of carbonyl (C=O) groups is 1. The van der Waals surface area contributed by atoms with Crippen LogP contribution in [0.15, 0.2) is 0 Å². The van der Waals surface area contributed by atoms with Crippen LogP contribution >= 0.6 is 0 Å². The molecule has 0 radical (unpaired) electrons. The van der Waals surface area contributed by atoms with E-state index >= 15 is 0 Å². The maximum atomic E-state index is 10.1. The summed E-state index contributed by atoms with van der Waals surface area (Å²) in [4.78, 5) is 10.1. The summed E-state index contributed by atoms with van der Waals surface area (Å²) in [5.41, 5.74) is 0. The first-order chi connectivity index (χ1) is 5.18. The molecule has 1 saturated heterocycles. The van der Waals surface area contributed by atoms with Crippen molar-refractivity contribution in [1.29, 1.82) is 0 Å². The van der Waals surface area contributed by atoms with Crippen molar-refractivity contribution in [3.63, 3.8) is 0 Å². The van der Waals surface area contributed by atoms with Gasteiger partial charge in [0, 0.05) is 0 Å². The second-order valence-corrected chi connectivity index (χ2v) is 2.78. The number of hydrogen-bond donors (Lipinski definition) is 2. The Labute approximate surface area is 64.8 Å². The summed E-state index contributed by atoms with van der Waals surface area (Å²) in [7, 11) is 0. The summed E-state index contributed by atoms with van der Waals surface area (Å²) >= 11 is 0. The second-order valence-electron chi connectivity index (χ2n) is 2.78. The number of epoxide rings is 1. The first-order valence-corrected chi connectivity index (χ1v) is 3.70. The van der Waals surface area contributed by atoms with Crippen LogP contribution in [0.2, 0.25) is 0 Å². The molecule has 1 aliphatic rings. The van der Waals surface area contributed by atoms with Gasteiger partial charge in [-0.25, -0.2) is 0 Å². The van der Waals surface area contributed by atoms with Crippen molar-refractivity contribution >= 4 is 5.97 Å². The highest BCUT2D eigenvalue weighted by Crippen LogP contribution is 2.17. The lowest BCUT2D eigenvalue weighted by Gasteiger charge is -2.04. The number of hydrogen-bond acceptors (Lipinski definition) is 3. The van der Waals surface area contributed by atoms with Crippen LogP contribution < -0.4 is 0 Å². The van der Waals surface area contributed by atoms with Crippen LogP contribution in [-0.4, -0.2) is 35.0 Å². The summed E-state index contributed by atoms with van der Waals surface area (Å²) in [6.45, 7) is 0.764. The Hall–Kier alpha value is -0.610. The maximum absolute atomic E-state index is 10.1. The van der Waals surface area contributed by atoms with Gasteiger partial charge in [0.05, 0.1) is 25.2 Å². The van der Waals surface area contributed by atoms with Gasteiger partial charge >= 0.3 is 5.97 Å². The summed E-state index contributed by atoms with van der Waals surface area (Å²) < 4.78 is 4.91. The Bertz CT molecular complexity index is 141. The molecule has 0 bridgehead atoms. The van der Waals surface area contributed by atoms with Gasteiger partial charge in [0.25, 0.3) is 0 Å². The molecular formula is C7H12O4. The van der Waals surface area contributed by atoms with Gasteiger partial charge in [0.1, 0.15) is 0 Å². The van der Waals surface area contributed by atoms with Gasteiger partial charge in [0.15, 0.2) is 0 Å². The molecule has 0 saturated carbocycles. The van der Waals surface area contributed by atoms with Gasteiger partial charge in [-0.15, -0.1) is 0 Å². The van der Waals surface area contributed by atoms with Crippen molar-refractivity contribution in [3.05, 3.63) is 0 Å². The van der Waals surface area contributed by atoms with E-state index in [0.29, 0.717) is 6.42 Å². The van der Waals surface area contributed by atoms with Gasteiger partial charge in [0.2, 0.25) is 0 Å². The van der Waals surface area contributed by atoms with Crippen molar-refractivity contribution in [3.8, 4) is 0 Å². The zero-order valence-corrected chi connectivity index (χ0v) is 6.19. The fourth-order valence-electron chi connectivity index (χ4n) is 0.917. The van der Waals surface area contributed by atoms with Crippen molar-refractivity contribution in [2.24, 2.45) is 0 Å². The number of aliphatic hydroxyl groups is 1. The largest absolute Gasteiger partial charge is 0.481 e. The van der Waals surface area contributed by atoms with E-state index in [-0.39, 0.29) is 12.5 Å². The van der Waals surface area contributed by atoms with E-state index in [1.165, 1.54) is 0 Å². The third-order valence-corrected chi connectivity index (χ3v) is 1.63. The van der Waals surface area contributed by atoms with Crippen LogP contribution in [-0.2, 0) is 9.53 Å². The number of carboxylic acid groups (broad SMARTS) is 1. The molecule has 0 aromatic heterocycles. The second kappa shape index (κ2) is 3.69. The molecule has 11 heavy (non-hydrogen) atoms. The molecule has 2 unspecified atom stereocenters. The van der Waals surface area contributed by atoms with Crippen LogP contribution in [0.25, 0.3) is 0 Å². The highest BCUT2D eigenvalue weighted by atomic mass is 16.6. The molecule has 2 atom stereocenters. The Morgan fingerprint density at radius 1 is 1.73 bits per heavy atom. The van der Waals surface area contributed by atoms with E-state index in [4.69, 9.17) is 14.9 Å². The van der Waals surface area contributed by atoms with Crippen LogP contribution in [0.1, 0.15) is 19.3 Å². The highest BCUT2D eigenvalue weighted by molar-refractivity contribution is 5.67. The summed E-state index contributed by atoms with van der Waals surface area (Å²) in [5, 5.41) is 17.3. The van der Waals surface area contributed by atoms with Crippen molar-refractivity contribution < 1.29 is 19.7 Å². The molecule has 1 aliphatic heterocycles. The van der Waals surface area contributed by atoms with Crippen LogP contribution in [0.4, 0.5) is 0 Å². The van der Waals surface area contributed by atoms with E-state index < -0.39 is 12.1 Å². The van der Waals surface area contributed by atoms with Gasteiger partial charge in [-0.05, 0) is 12.8 Å². The lowest BCUT2D eigenvalue weighted by atomic mass is 10.1. The average Bonchev–Trinajstić information content (AvgIpc) is 2.63. The molecule has 1 fully saturated rings. The van der Waals surface area contributed by atoms with Crippen LogP contribution in [0.5, 0.6) is 0 Å². The van der Waals surface area contributed by atoms with E-state index in [2.05, 4.69) is 0 Å². The molecule has 0 aromatic carbocycles. The molecule has 0 spiro atoms. The smallest absolute Gasteiger partial charge is 0.305 e. The minimum absolute atomic E-state index is 0.160. The van der Waals surface area contributed by atoms with Gasteiger partial charge < -0.3 is 14.9 Å². The summed E-state index contributed by atoms with van der Waals surface area (Å²) in [5.74, 6) is -0.950. The monoisotopic (exact) mass is 160 g/mol. The molecule has 4 heteroatoms. The summed E-state index contributed by atoms with van der Waals surface area (Å²) in [6.07, 6.45) is 0.702. The Morgan fingerprint density at radius 3 is 2.82 bits per heavy atom. The topological polar surface area (TPSA) is 70.1 Å². The zero-order chi connectivity index (χ0) is 8.27. The van der Waals surface area contributed by atoms with E-state index in [9.17, 15) is 4.79 Å². The Morgan fingerprint density at radius 2 is 2.36 bits per heavy atom. The Balaban J connectivity index is 1.99. The SMILES string of the molecule is O=C(O)CC(O)CCC1CO1. The number of aliphatic hydroxyl groups excluding tert-OH is 1. The first-order valence-electron chi connectivity index (χ1n) is 3.70. The molecule has 1 rings (SSSR count). The third kappa shape index (κ3) is 3.95. The molecule has 64 valence electrons. The van der Waals surface area contributed by atoms with E-state index in [1.54, 1.807) is 0 Å². The lowest BCUT2D eigenvalue weighted by Crippen LogP contribution is -2.13. The van der Waals surface area contributed by atoms with Gasteiger partial charge in [-0.3, -0.25) is 4.79 Å². The molecule has 0 aromatic rings. The van der Waals surface area contributed by atoms with Crippen molar-refractivity contribution in [2.45, 2.75) is 31.5 Å². The fraction of sp³-hybridized carbons (Fsp3) is 0.857. The van der Waals surface area contributed by atoms with E-state index in [1.807, 2.05) is 0 Å². The summed E-state index contributed by atoms with van der Waals surface area (Å²) in [6, 6.07) is 0. The van der Waals surface area contributed by atoms with Crippen LogP contribution in [0, 0.1) is 0 Å².